The minimum absolute atomic E-state index is 0.000493. The average Bonchev–Trinajstić information content (AvgIpc) is 3.47. The van der Waals surface area contributed by atoms with E-state index < -0.39 is 17.2 Å². The molecule has 6 rings (SSSR count). The van der Waals surface area contributed by atoms with Crippen molar-refractivity contribution in [2.24, 2.45) is 0 Å². The number of hydrogen-bond donors (Lipinski definition) is 1. The van der Waals surface area contributed by atoms with E-state index in [-0.39, 0.29) is 24.4 Å². The number of rotatable bonds is 4. The van der Waals surface area contributed by atoms with Gasteiger partial charge in [0.25, 0.3) is 0 Å². The van der Waals surface area contributed by atoms with Crippen LogP contribution >= 0.6 is 0 Å². The van der Waals surface area contributed by atoms with Crippen LogP contribution in [0.3, 0.4) is 0 Å². The van der Waals surface area contributed by atoms with Gasteiger partial charge in [-0.2, -0.15) is 0 Å². The number of hydrogen-bond acceptors (Lipinski definition) is 6. The van der Waals surface area contributed by atoms with E-state index in [9.17, 15) is 14.4 Å². The zero-order valence-electron chi connectivity index (χ0n) is 17.7. The van der Waals surface area contributed by atoms with Crippen LogP contribution in [-0.4, -0.2) is 21.8 Å². The van der Waals surface area contributed by atoms with Crippen LogP contribution in [0.25, 0.3) is 27.8 Å². The molecule has 168 valence electrons. The lowest BCUT2D eigenvalue weighted by Crippen LogP contribution is -2.40. The Kier molecular flexibility index (Phi) is 4.48. The largest absolute Gasteiger partial charge is 0.454 e. The smallest absolute Gasteiger partial charge is 0.336 e. The number of benzene rings is 3. The van der Waals surface area contributed by atoms with Crippen molar-refractivity contribution < 1.29 is 18.7 Å². The summed E-state index contributed by atoms with van der Waals surface area (Å²) in [5, 5.41) is 3.35. The third-order valence-electron chi connectivity index (χ3n) is 5.63. The summed E-state index contributed by atoms with van der Waals surface area (Å²) in [6.07, 6.45) is 0. The Labute approximate surface area is 191 Å². The van der Waals surface area contributed by atoms with Crippen LogP contribution in [0.4, 0.5) is 5.69 Å². The number of furan rings is 1. The van der Waals surface area contributed by atoms with Crippen molar-refractivity contribution in [3.63, 3.8) is 0 Å². The van der Waals surface area contributed by atoms with Crippen molar-refractivity contribution in [3.05, 3.63) is 93.6 Å². The van der Waals surface area contributed by atoms with Gasteiger partial charge in [0.05, 0.1) is 5.69 Å². The number of para-hydroxylation sites is 2. The van der Waals surface area contributed by atoms with Crippen LogP contribution < -0.4 is 26.0 Å². The first-order valence-corrected chi connectivity index (χ1v) is 10.5. The van der Waals surface area contributed by atoms with Gasteiger partial charge in [0, 0.05) is 17.1 Å². The molecule has 2 aromatic heterocycles. The highest BCUT2D eigenvalue weighted by Gasteiger charge is 2.22. The zero-order valence-corrected chi connectivity index (χ0v) is 17.7. The van der Waals surface area contributed by atoms with Gasteiger partial charge in [-0.1, -0.05) is 30.3 Å². The third kappa shape index (κ3) is 3.14. The Morgan fingerprint density at radius 2 is 1.68 bits per heavy atom. The van der Waals surface area contributed by atoms with Gasteiger partial charge in [0.15, 0.2) is 11.5 Å². The molecule has 0 radical (unpaired) electrons. The lowest BCUT2D eigenvalue weighted by Gasteiger charge is -2.12. The van der Waals surface area contributed by atoms with Crippen LogP contribution in [0, 0.1) is 0 Å². The first-order chi connectivity index (χ1) is 16.6. The Hall–Kier alpha value is -4.79. The average molecular weight is 455 g/mol. The van der Waals surface area contributed by atoms with Gasteiger partial charge in [-0.05, 0) is 36.4 Å². The van der Waals surface area contributed by atoms with Crippen molar-refractivity contribution in [3.8, 4) is 17.2 Å². The highest BCUT2D eigenvalue weighted by atomic mass is 16.7. The summed E-state index contributed by atoms with van der Waals surface area (Å²) in [7, 11) is 0. The first kappa shape index (κ1) is 19.9. The molecule has 1 N–H and O–H groups in total. The quantitative estimate of drug-likeness (QED) is 0.446. The standard InChI is InChI=1S/C25H17N3O6/c29-21(26-15-10-11-19-20(12-15)33-14-32-19)13-27-22-17-8-4-5-9-18(17)34-23(22)24(30)28(25(27)31)16-6-2-1-3-7-16/h1-12H,13-14H2,(H,26,29). The van der Waals surface area contributed by atoms with Crippen LogP contribution in [0.1, 0.15) is 0 Å². The normalized spacial score (nSPS) is 12.4. The summed E-state index contributed by atoms with van der Waals surface area (Å²) in [6, 6.07) is 20.6. The summed E-state index contributed by atoms with van der Waals surface area (Å²) in [5.41, 5.74) is 0.367. The van der Waals surface area contributed by atoms with Crippen molar-refractivity contribution in [2.75, 3.05) is 12.1 Å². The highest BCUT2D eigenvalue weighted by molar-refractivity contribution is 6.03. The molecule has 0 aliphatic carbocycles. The molecule has 1 aliphatic heterocycles. The molecule has 0 fully saturated rings. The molecule has 0 saturated carbocycles. The topological polar surface area (TPSA) is 105 Å². The molecule has 5 aromatic rings. The second-order valence-corrected chi connectivity index (χ2v) is 7.74. The van der Waals surface area contributed by atoms with E-state index in [0.29, 0.717) is 33.8 Å². The molecule has 1 amide bonds. The van der Waals surface area contributed by atoms with Crippen molar-refractivity contribution in [2.45, 2.75) is 6.54 Å². The molecule has 34 heavy (non-hydrogen) atoms. The number of amides is 1. The van der Waals surface area contributed by atoms with Crippen molar-refractivity contribution in [1.82, 2.24) is 9.13 Å². The summed E-state index contributed by atoms with van der Waals surface area (Å²) < 4.78 is 18.8. The summed E-state index contributed by atoms with van der Waals surface area (Å²) in [6.45, 7) is -0.213. The Morgan fingerprint density at radius 3 is 2.53 bits per heavy atom. The molecule has 0 bridgehead atoms. The fourth-order valence-electron chi connectivity index (χ4n) is 4.12. The minimum atomic E-state index is -0.643. The monoisotopic (exact) mass is 455 g/mol. The molecule has 0 unspecified atom stereocenters. The molecule has 0 spiro atoms. The molecule has 0 atom stereocenters. The van der Waals surface area contributed by atoms with Crippen molar-refractivity contribution >= 4 is 33.7 Å². The van der Waals surface area contributed by atoms with Crippen LogP contribution in [-0.2, 0) is 11.3 Å². The SMILES string of the molecule is O=C(Cn1c(=O)n(-c2ccccc2)c(=O)c2oc3ccccc3c21)Nc1ccc2c(c1)OCO2. The maximum atomic E-state index is 13.6. The number of aromatic nitrogens is 2. The number of anilines is 1. The van der Waals surface area contributed by atoms with Crippen LogP contribution in [0.2, 0.25) is 0 Å². The highest BCUT2D eigenvalue weighted by Crippen LogP contribution is 2.34. The maximum absolute atomic E-state index is 13.6. The molecular formula is C25H17N3O6. The second-order valence-electron chi connectivity index (χ2n) is 7.74. The summed E-state index contributed by atoms with van der Waals surface area (Å²) in [4.78, 5) is 39.8. The number of ether oxygens (including phenoxy) is 2. The zero-order chi connectivity index (χ0) is 23.2. The Morgan fingerprint density at radius 1 is 0.912 bits per heavy atom. The van der Waals surface area contributed by atoms with Gasteiger partial charge in [0.1, 0.15) is 17.6 Å². The third-order valence-corrected chi connectivity index (χ3v) is 5.63. The fraction of sp³-hybridized carbons (Fsp3) is 0.0800. The lowest BCUT2D eigenvalue weighted by molar-refractivity contribution is -0.116. The Balaban J connectivity index is 1.49. The van der Waals surface area contributed by atoms with Gasteiger partial charge < -0.3 is 19.2 Å². The van der Waals surface area contributed by atoms with Crippen LogP contribution in [0.15, 0.2) is 86.8 Å². The molecule has 3 aromatic carbocycles. The minimum Gasteiger partial charge on any atom is -0.454 e. The molecule has 9 nitrogen and oxygen atoms in total. The molecule has 0 saturated heterocycles. The number of carbonyl (C=O) groups is 1. The van der Waals surface area contributed by atoms with E-state index in [4.69, 9.17) is 13.9 Å². The summed E-state index contributed by atoms with van der Waals surface area (Å²) >= 11 is 0. The Bertz CT molecular complexity index is 1700. The number of carbonyl (C=O) groups excluding carboxylic acids is 1. The molecule has 9 heteroatoms. The molecule has 3 heterocycles. The lowest BCUT2D eigenvalue weighted by atomic mass is 10.2. The maximum Gasteiger partial charge on any atom is 0.336 e. The second kappa shape index (κ2) is 7.66. The van der Waals surface area contributed by atoms with Gasteiger partial charge in [-0.3, -0.25) is 14.2 Å². The molecule has 1 aliphatic rings. The van der Waals surface area contributed by atoms with E-state index >= 15 is 0 Å². The van der Waals surface area contributed by atoms with E-state index in [0.717, 1.165) is 4.57 Å². The van der Waals surface area contributed by atoms with E-state index in [1.165, 1.54) is 4.57 Å². The van der Waals surface area contributed by atoms with Crippen molar-refractivity contribution in [1.29, 1.82) is 0 Å². The van der Waals surface area contributed by atoms with Crippen LogP contribution in [0.5, 0.6) is 11.5 Å². The predicted molar refractivity (Wildman–Crippen MR) is 125 cm³/mol. The first-order valence-electron chi connectivity index (χ1n) is 10.5. The van der Waals surface area contributed by atoms with Gasteiger partial charge in [0.2, 0.25) is 18.3 Å². The number of fused-ring (bicyclic) bond motifs is 4. The van der Waals surface area contributed by atoms with Gasteiger partial charge in [-0.15, -0.1) is 0 Å². The predicted octanol–water partition coefficient (Wildman–Crippen LogP) is 3.27. The van der Waals surface area contributed by atoms with E-state index in [2.05, 4.69) is 5.32 Å². The van der Waals surface area contributed by atoms with Gasteiger partial charge in [-0.25, -0.2) is 9.36 Å². The van der Waals surface area contributed by atoms with E-state index in [1.54, 1.807) is 72.8 Å². The summed E-state index contributed by atoms with van der Waals surface area (Å²) in [5.74, 6) is 0.664. The van der Waals surface area contributed by atoms with E-state index in [1.807, 2.05) is 0 Å². The molecular weight excluding hydrogens is 438 g/mol. The number of nitrogens with one attached hydrogen (secondary N) is 1. The fourth-order valence-corrected chi connectivity index (χ4v) is 4.12. The number of nitrogens with zero attached hydrogens (tertiary/aromatic N) is 2. The van der Waals surface area contributed by atoms with Gasteiger partial charge >= 0.3 is 11.2 Å².